The molecule has 0 fully saturated rings. The standard InChI is InChI=1S/C32H34N2O6/c1-23(2)31(35)39-21-5-19-37-29-15-9-26(10-16-29)25-7-11-27(12-8-25)33-34-28-13-17-30(18-14-28)38-20-6-22-40-32(36)24(3)4/h7-18H,1,3,5-6,19-22H2,2,4H3. The lowest BCUT2D eigenvalue weighted by molar-refractivity contribution is -0.140. The number of esters is 2. The molecule has 0 unspecified atom stereocenters. The second kappa shape index (κ2) is 15.6. The molecule has 208 valence electrons. The number of hydrogen-bond donors (Lipinski definition) is 0. The summed E-state index contributed by atoms with van der Waals surface area (Å²) in [6.07, 6.45) is 1.19. The molecular formula is C32H34N2O6. The summed E-state index contributed by atoms with van der Waals surface area (Å²) in [7, 11) is 0. The van der Waals surface area contributed by atoms with E-state index < -0.39 is 5.97 Å². The Morgan fingerprint density at radius 2 is 0.925 bits per heavy atom. The summed E-state index contributed by atoms with van der Waals surface area (Å²) in [4.78, 5) is 22.7. The molecule has 8 heteroatoms. The fourth-order valence-electron chi connectivity index (χ4n) is 3.26. The number of hydrogen-bond acceptors (Lipinski definition) is 8. The fraction of sp³-hybridized carbons (Fsp3) is 0.250. The van der Waals surface area contributed by atoms with E-state index in [1.54, 1.807) is 13.8 Å². The van der Waals surface area contributed by atoms with Gasteiger partial charge in [0.05, 0.1) is 37.8 Å². The first-order chi connectivity index (χ1) is 19.3. The molecule has 0 aromatic heterocycles. The summed E-state index contributed by atoms with van der Waals surface area (Å²) in [6.45, 7) is 11.8. The first-order valence-corrected chi connectivity index (χ1v) is 12.9. The van der Waals surface area contributed by atoms with Gasteiger partial charge in [0.2, 0.25) is 0 Å². The van der Waals surface area contributed by atoms with Gasteiger partial charge in [-0.1, -0.05) is 37.4 Å². The summed E-state index contributed by atoms with van der Waals surface area (Å²) >= 11 is 0. The monoisotopic (exact) mass is 542 g/mol. The van der Waals surface area contributed by atoms with Crippen LogP contribution in [0.1, 0.15) is 26.7 Å². The Labute approximate surface area is 234 Å². The largest absolute Gasteiger partial charge is 0.493 e. The molecule has 0 spiro atoms. The number of benzene rings is 3. The SMILES string of the molecule is C=C(C)C(=O)OCCCOc1ccc(N=Nc2ccc(-c3ccc(OCCCOC(=O)C(=C)C)cc3)cc2)cc1. The van der Waals surface area contributed by atoms with E-state index in [9.17, 15) is 9.59 Å². The first kappa shape index (κ1) is 29.8. The van der Waals surface area contributed by atoms with Crippen molar-refractivity contribution in [3.8, 4) is 22.6 Å². The number of carbonyl (C=O) groups excluding carboxylic acids is 2. The van der Waals surface area contributed by atoms with E-state index in [-0.39, 0.29) is 12.6 Å². The highest BCUT2D eigenvalue weighted by atomic mass is 16.5. The minimum Gasteiger partial charge on any atom is -0.493 e. The maximum atomic E-state index is 11.4. The van der Waals surface area contributed by atoms with Crippen LogP contribution in [0.15, 0.2) is 107 Å². The molecule has 0 radical (unpaired) electrons. The lowest BCUT2D eigenvalue weighted by atomic mass is 10.1. The van der Waals surface area contributed by atoms with Crippen molar-refractivity contribution in [2.75, 3.05) is 26.4 Å². The van der Waals surface area contributed by atoms with Crippen LogP contribution in [0.4, 0.5) is 11.4 Å². The highest BCUT2D eigenvalue weighted by Gasteiger charge is 2.04. The molecule has 0 N–H and O–H groups in total. The zero-order valence-electron chi connectivity index (χ0n) is 22.9. The van der Waals surface area contributed by atoms with Crippen molar-refractivity contribution < 1.29 is 28.5 Å². The molecule has 3 aromatic carbocycles. The molecule has 40 heavy (non-hydrogen) atoms. The molecule has 0 saturated heterocycles. The smallest absolute Gasteiger partial charge is 0.333 e. The molecule has 0 heterocycles. The van der Waals surface area contributed by atoms with Gasteiger partial charge in [-0.25, -0.2) is 9.59 Å². The summed E-state index contributed by atoms with van der Waals surface area (Å²) in [5, 5.41) is 8.61. The predicted molar refractivity (Wildman–Crippen MR) is 154 cm³/mol. The number of nitrogens with zero attached hydrogens (tertiary/aromatic N) is 2. The Morgan fingerprint density at radius 1 is 0.575 bits per heavy atom. The Bertz CT molecular complexity index is 1310. The summed E-state index contributed by atoms with van der Waals surface area (Å²) in [5.74, 6) is 0.681. The van der Waals surface area contributed by atoms with Crippen LogP contribution in [-0.2, 0) is 19.1 Å². The maximum absolute atomic E-state index is 11.4. The van der Waals surface area contributed by atoms with Crippen molar-refractivity contribution in [2.45, 2.75) is 26.7 Å². The Morgan fingerprint density at radius 3 is 1.32 bits per heavy atom. The lowest BCUT2D eigenvalue weighted by Gasteiger charge is -2.08. The van der Waals surface area contributed by atoms with Gasteiger partial charge in [0, 0.05) is 24.0 Å². The van der Waals surface area contributed by atoms with Crippen molar-refractivity contribution in [2.24, 2.45) is 10.2 Å². The normalized spacial score (nSPS) is 10.7. The van der Waals surface area contributed by atoms with Crippen LogP contribution in [0.3, 0.4) is 0 Å². The van der Waals surface area contributed by atoms with Gasteiger partial charge in [0.25, 0.3) is 0 Å². The zero-order valence-corrected chi connectivity index (χ0v) is 22.9. The number of ether oxygens (including phenoxy) is 4. The van der Waals surface area contributed by atoms with E-state index >= 15 is 0 Å². The van der Waals surface area contributed by atoms with Crippen LogP contribution in [-0.4, -0.2) is 38.4 Å². The molecule has 8 nitrogen and oxygen atoms in total. The van der Waals surface area contributed by atoms with Crippen LogP contribution in [0.2, 0.25) is 0 Å². The number of carbonyl (C=O) groups is 2. The number of azo groups is 1. The third kappa shape index (κ3) is 10.2. The third-order valence-corrected chi connectivity index (χ3v) is 5.45. The molecule has 0 aliphatic rings. The fourth-order valence-corrected chi connectivity index (χ4v) is 3.26. The molecule has 0 bridgehead atoms. The van der Waals surface area contributed by atoms with E-state index in [0.29, 0.717) is 55.2 Å². The highest BCUT2D eigenvalue weighted by molar-refractivity contribution is 5.87. The second-order valence-electron chi connectivity index (χ2n) is 9.00. The van der Waals surface area contributed by atoms with Crippen LogP contribution in [0.5, 0.6) is 11.5 Å². The van der Waals surface area contributed by atoms with E-state index in [1.165, 1.54) is 0 Å². The minimum atomic E-state index is -0.390. The van der Waals surface area contributed by atoms with Crippen molar-refractivity contribution >= 4 is 23.3 Å². The molecule has 3 rings (SSSR count). The van der Waals surface area contributed by atoms with Gasteiger partial charge >= 0.3 is 11.9 Å². The molecular weight excluding hydrogens is 508 g/mol. The topological polar surface area (TPSA) is 95.8 Å². The summed E-state index contributed by atoms with van der Waals surface area (Å²) < 4.78 is 21.5. The van der Waals surface area contributed by atoms with Gasteiger partial charge < -0.3 is 18.9 Å². The van der Waals surface area contributed by atoms with Crippen LogP contribution < -0.4 is 9.47 Å². The minimum absolute atomic E-state index is 0.286. The van der Waals surface area contributed by atoms with Crippen LogP contribution in [0.25, 0.3) is 11.1 Å². The Kier molecular flexibility index (Phi) is 11.7. The quantitative estimate of drug-likeness (QED) is 0.0852. The van der Waals surface area contributed by atoms with Gasteiger partial charge in [-0.15, -0.1) is 0 Å². The van der Waals surface area contributed by atoms with Crippen molar-refractivity contribution in [1.29, 1.82) is 0 Å². The molecule has 0 atom stereocenters. The van der Waals surface area contributed by atoms with Crippen LogP contribution >= 0.6 is 0 Å². The lowest BCUT2D eigenvalue weighted by Crippen LogP contribution is -2.09. The highest BCUT2D eigenvalue weighted by Crippen LogP contribution is 2.26. The summed E-state index contributed by atoms with van der Waals surface area (Å²) in [6, 6.07) is 22.9. The van der Waals surface area contributed by atoms with E-state index in [2.05, 4.69) is 23.4 Å². The van der Waals surface area contributed by atoms with Gasteiger partial charge in [-0.2, -0.15) is 10.2 Å². The Balaban J connectivity index is 1.41. The van der Waals surface area contributed by atoms with Crippen molar-refractivity contribution in [3.05, 3.63) is 97.1 Å². The van der Waals surface area contributed by atoms with Crippen LogP contribution in [0, 0.1) is 0 Å². The van der Waals surface area contributed by atoms with E-state index in [0.717, 1.165) is 22.6 Å². The van der Waals surface area contributed by atoms with Gasteiger partial charge in [-0.05, 0) is 73.5 Å². The van der Waals surface area contributed by atoms with E-state index in [4.69, 9.17) is 18.9 Å². The Hall–Kier alpha value is -4.72. The summed E-state index contributed by atoms with van der Waals surface area (Å²) in [5.41, 5.74) is 4.31. The molecule has 0 aliphatic carbocycles. The molecule has 0 aliphatic heterocycles. The van der Waals surface area contributed by atoms with Crippen molar-refractivity contribution in [3.63, 3.8) is 0 Å². The van der Waals surface area contributed by atoms with Gasteiger partial charge in [0.15, 0.2) is 0 Å². The van der Waals surface area contributed by atoms with Gasteiger partial charge in [0.1, 0.15) is 11.5 Å². The van der Waals surface area contributed by atoms with Gasteiger partial charge in [-0.3, -0.25) is 0 Å². The maximum Gasteiger partial charge on any atom is 0.333 e. The average Bonchev–Trinajstić information content (AvgIpc) is 2.96. The molecule has 0 saturated carbocycles. The second-order valence-corrected chi connectivity index (χ2v) is 9.00. The molecule has 0 amide bonds. The van der Waals surface area contributed by atoms with E-state index in [1.807, 2.05) is 72.8 Å². The average molecular weight is 543 g/mol. The van der Waals surface area contributed by atoms with Crippen molar-refractivity contribution in [1.82, 2.24) is 0 Å². The molecule has 3 aromatic rings. The predicted octanol–water partition coefficient (Wildman–Crippen LogP) is 7.55. The zero-order chi connectivity index (χ0) is 28.7. The first-order valence-electron chi connectivity index (χ1n) is 12.9. The number of rotatable bonds is 15. The third-order valence-electron chi connectivity index (χ3n) is 5.45.